The number of halogens is 1. The quantitative estimate of drug-likeness (QED) is 0.851. The Labute approximate surface area is 108 Å². The van der Waals surface area contributed by atoms with Gasteiger partial charge in [0, 0.05) is 12.8 Å². The molecule has 0 saturated carbocycles. The summed E-state index contributed by atoms with van der Waals surface area (Å²) in [5, 5.41) is 3.87. The molecule has 0 amide bonds. The number of hydrogen-bond donors (Lipinski definition) is 1. The van der Waals surface area contributed by atoms with Gasteiger partial charge in [-0.2, -0.15) is 0 Å². The lowest BCUT2D eigenvalue weighted by atomic mass is 10.2. The van der Waals surface area contributed by atoms with E-state index in [1.165, 1.54) is 0 Å². The van der Waals surface area contributed by atoms with Gasteiger partial charge in [-0.15, -0.1) is 11.8 Å². The molecular weight excluding hydrogens is 255 g/mol. The fourth-order valence-electron chi connectivity index (χ4n) is 1.36. The van der Waals surface area contributed by atoms with Gasteiger partial charge >= 0.3 is 0 Å². The summed E-state index contributed by atoms with van der Waals surface area (Å²) in [7, 11) is 1.84. The first kappa shape index (κ1) is 12.4. The highest BCUT2D eigenvalue weighted by Crippen LogP contribution is 2.31. The van der Waals surface area contributed by atoms with E-state index < -0.39 is 0 Å². The lowest BCUT2D eigenvalue weighted by molar-refractivity contribution is 0.616. The van der Waals surface area contributed by atoms with E-state index in [2.05, 4.69) is 10.3 Å². The molecule has 2 nitrogen and oxygen atoms in total. The highest BCUT2D eigenvalue weighted by atomic mass is 32.2. The SMILES string of the molecule is CNc1ncc(SCc2ccc(C)cc2F)s1. The maximum atomic E-state index is 13.6. The van der Waals surface area contributed by atoms with Crippen LogP contribution in [0.4, 0.5) is 9.52 Å². The second kappa shape index (κ2) is 5.51. The van der Waals surface area contributed by atoms with E-state index in [1.807, 2.05) is 32.3 Å². The fraction of sp³-hybridized carbons (Fsp3) is 0.250. The van der Waals surface area contributed by atoms with Gasteiger partial charge in [-0.3, -0.25) is 0 Å². The Hall–Kier alpha value is -1.07. The van der Waals surface area contributed by atoms with Crippen molar-refractivity contribution in [2.45, 2.75) is 16.9 Å². The third-order valence-corrected chi connectivity index (χ3v) is 4.54. The Bertz CT molecular complexity index is 511. The molecule has 0 aliphatic carbocycles. The van der Waals surface area contributed by atoms with Crippen LogP contribution in [0.3, 0.4) is 0 Å². The van der Waals surface area contributed by atoms with Gasteiger partial charge in [-0.05, 0) is 24.1 Å². The average molecular weight is 268 g/mol. The Morgan fingerprint density at radius 1 is 1.47 bits per heavy atom. The number of benzene rings is 1. The standard InChI is InChI=1S/C12H13FN2S2/c1-8-3-4-9(10(13)5-8)7-16-11-6-15-12(14-2)17-11/h3-6H,7H2,1-2H3,(H,14,15). The van der Waals surface area contributed by atoms with Gasteiger partial charge in [0.15, 0.2) is 5.13 Å². The molecule has 0 unspecified atom stereocenters. The fourth-order valence-corrected chi connectivity index (χ4v) is 3.17. The lowest BCUT2D eigenvalue weighted by Crippen LogP contribution is -1.87. The zero-order valence-electron chi connectivity index (χ0n) is 9.66. The number of thiazole rings is 1. The summed E-state index contributed by atoms with van der Waals surface area (Å²) in [4.78, 5) is 4.18. The van der Waals surface area contributed by atoms with Gasteiger partial charge in [-0.25, -0.2) is 9.37 Å². The van der Waals surface area contributed by atoms with Crippen LogP contribution in [0, 0.1) is 12.7 Å². The van der Waals surface area contributed by atoms with E-state index in [4.69, 9.17) is 0 Å². The molecule has 1 aromatic carbocycles. The van der Waals surface area contributed by atoms with Crippen LogP contribution in [0.25, 0.3) is 0 Å². The van der Waals surface area contributed by atoms with Gasteiger partial charge < -0.3 is 5.32 Å². The molecule has 0 atom stereocenters. The van der Waals surface area contributed by atoms with E-state index in [-0.39, 0.29) is 5.82 Å². The molecular formula is C12H13FN2S2. The van der Waals surface area contributed by atoms with E-state index in [0.717, 1.165) is 20.5 Å². The largest absolute Gasteiger partial charge is 0.365 e. The Balaban J connectivity index is 2.02. The van der Waals surface area contributed by atoms with Gasteiger partial charge in [0.25, 0.3) is 0 Å². The monoisotopic (exact) mass is 268 g/mol. The summed E-state index contributed by atoms with van der Waals surface area (Å²) >= 11 is 3.19. The molecule has 90 valence electrons. The molecule has 17 heavy (non-hydrogen) atoms. The van der Waals surface area contributed by atoms with Crippen LogP contribution in [0.15, 0.2) is 28.6 Å². The normalized spacial score (nSPS) is 10.5. The highest BCUT2D eigenvalue weighted by molar-refractivity contribution is 8.00. The first-order valence-electron chi connectivity index (χ1n) is 5.20. The Morgan fingerprint density at radius 3 is 2.94 bits per heavy atom. The summed E-state index contributed by atoms with van der Waals surface area (Å²) in [6.45, 7) is 1.89. The van der Waals surface area contributed by atoms with Gasteiger partial charge in [0.05, 0.1) is 10.4 Å². The minimum absolute atomic E-state index is 0.129. The molecule has 1 aromatic heterocycles. The Morgan fingerprint density at radius 2 is 2.29 bits per heavy atom. The molecule has 2 aromatic rings. The number of thioether (sulfide) groups is 1. The highest BCUT2D eigenvalue weighted by Gasteiger charge is 2.05. The van der Waals surface area contributed by atoms with Crippen molar-refractivity contribution in [3.63, 3.8) is 0 Å². The summed E-state index contributed by atoms with van der Waals surface area (Å²) in [5.41, 5.74) is 1.69. The van der Waals surface area contributed by atoms with E-state index in [1.54, 1.807) is 29.2 Å². The van der Waals surface area contributed by atoms with Crippen molar-refractivity contribution in [2.24, 2.45) is 0 Å². The van der Waals surface area contributed by atoms with Crippen LogP contribution in [0.2, 0.25) is 0 Å². The van der Waals surface area contributed by atoms with Crippen molar-refractivity contribution in [2.75, 3.05) is 12.4 Å². The molecule has 0 saturated heterocycles. The molecule has 5 heteroatoms. The molecule has 0 bridgehead atoms. The van der Waals surface area contributed by atoms with Crippen molar-refractivity contribution in [3.05, 3.63) is 41.3 Å². The van der Waals surface area contributed by atoms with E-state index in [9.17, 15) is 4.39 Å². The van der Waals surface area contributed by atoms with Gasteiger partial charge in [-0.1, -0.05) is 23.5 Å². The minimum Gasteiger partial charge on any atom is -0.365 e. The lowest BCUT2D eigenvalue weighted by Gasteiger charge is -2.02. The summed E-state index contributed by atoms with van der Waals surface area (Å²) < 4.78 is 14.7. The van der Waals surface area contributed by atoms with Gasteiger partial charge in [0.1, 0.15) is 5.82 Å². The molecule has 0 aliphatic rings. The van der Waals surface area contributed by atoms with Crippen LogP contribution < -0.4 is 5.32 Å². The molecule has 2 rings (SSSR count). The number of nitrogens with zero attached hydrogens (tertiary/aromatic N) is 1. The van der Waals surface area contributed by atoms with Crippen LogP contribution >= 0.6 is 23.1 Å². The maximum absolute atomic E-state index is 13.6. The molecule has 0 radical (unpaired) electrons. The second-order valence-corrected chi connectivity index (χ2v) is 5.92. The number of aryl methyl sites for hydroxylation is 1. The maximum Gasteiger partial charge on any atom is 0.183 e. The van der Waals surface area contributed by atoms with Crippen LogP contribution in [0.1, 0.15) is 11.1 Å². The summed E-state index contributed by atoms with van der Waals surface area (Å²) in [6.07, 6.45) is 1.81. The van der Waals surface area contributed by atoms with E-state index >= 15 is 0 Å². The number of aromatic nitrogens is 1. The first-order chi connectivity index (χ1) is 8.19. The van der Waals surface area contributed by atoms with Crippen molar-refractivity contribution < 1.29 is 4.39 Å². The van der Waals surface area contributed by atoms with Crippen molar-refractivity contribution in [1.82, 2.24) is 4.98 Å². The third kappa shape index (κ3) is 3.20. The number of anilines is 1. The molecule has 0 aliphatic heterocycles. The summed E-state index contributed by atoms with van der Waals surface area (Å²) in [6, 6.07) is 5.35. The van der Waals surface area contributed by atoms with E-state index in [0.29, 0.717) is 5.75 Å². The number of nitrogens with one attached hydrogen (secondary N) is 1. The summed E-state index contributed by atoms with van der Waals surface area (Å²) in [5.74, 6) is 0.508. The minimum atomic E-state index is -0.129. The zero-order valence-corrected chi connectivity index (χ0v) is 11.3. The predicted molar refractivity (Wildman–Crippen MR) is 72.4 cm³/mol. The topological polar surface area (TPSA) is 24.9 Å². The Kier molecular flexibility index (Phi) is 4.02. The molecule has 1 N–H and O–H groups in total. The number of rotatable bonds is 4. The molecule has 0 spiro atoms. The van der Waals surface area contributed by atoms with Crippen molar-refractivity contribution in [1.29, 1.82) is 0 Å². The van der Waals surface area contributed by atoms with Crippen LogP contribution in [-0.2, 0) is 5.75 Å². The van der Waals surface area contributed by atoms with Crippen LogP contribution in [0.5, 0.6) is 0 Å². The predicted octanol–water partition coefficient (Wildman–Crippen LogP) is 3.92. The first-order valence-corrected chi connectivity index (χ1v) is 7.00. The second-order valence-electron chi connectivity index (χ2n) is 3.62. The molecule has 1 heterocycles. The van der Waals surface area contributed by atoms with Crippen molar-refractivity contribution >= 4 is 28.2 Å². The zero-order chi connectivity index (χ0) is 12.3. The van der Waals surface area contributed by atoms with Crippen molar-refractivity contribution in [3.8, 4) is 0 Å². The smallest absolute Gasteiger partial charge is 0.183 e. The number of hydrogen-bond acceptors (Lipinski definition) is 4. The third-order valence-electron chi connectivity index (χ3n) is 2.28. The van der Waals surface area contributed by atoms with Gasteiger partial charge in [0.2, 0.25) is 0 Å². The average Bonchev–Trinajstić information content (AvgIpc) is 2.76. The van der Waals surface area contributed by atoms with Crippen LogP contribution in [-0.4, -0.2) is 12.0 Å². The molecule has 0 fully saturated rings.